The van der Waals surface area contributed by atoms with Crippen molar-refractivity contribution in [3.8, 4) is 0 Å². The normalized spacial score (nSPS) is 10.9. The lowest BCUT2D eigenvalue weighted by atomic mass is 10.1. The molecule has 2 rings (SSSR count). The standard InChI is InChI=1S/C15H15NOS/c1-2-3-4-7-13-8-9-14(18-13)15(17)12-6-5-10-16-11-12/h4-11H,2-3H2,1H3. The van der Waals surface area contributed by atoms with Gasteiger partial charge in [0.2, 0.25) is 5.78 Å². The van der Waals surface area contributed by atoms with Crippen LogP contribution in [0.5, 0.6) is 0 Å². The first-order chi connectivity index (χ1) is 8.81. The van der Waals surface area contributed by atoms with Gasteiger partial charge in [0, 0.05) is 22.8 Å². The van der Waals surface area contributed by atoms with Crippen LogP contribution in [0.15, 0.2) is 42.7 Å². The zero-order valence-corrected chi connectivity index (χ0v) is 11.1. The monoisotopic (exact) mass is 257 g/mol. The van der Waals surface area contributed by atoms with Gasteiger partial charge in [0.25, 0.3) is 0 Å². The maximum absolute atomic E-state index is 12.1. The van der Waals surface area contributed by atoms with Gasteiger partial charge >= 0.3 is 0 Å². The van der Waals surface area contributed by atoms with Gasteiger partial charge in [0.1, 0.15) is 0 Å². The minimum Gasteiger partial charge on any atom is -0.288 e. The van der Waals surface area contributed by atoms with Crippen molar-refractivity contribution in [1.29, 1.82) is 0 Å². The van der Waals surface area contributed by atoms with Crippen molar-refractivity contribution in [1.82, 2.24) is 4.98 Å². The summed E-state index contributed by atoms with van der Waals surface area (Å²) in [6, 6.07) is 7.44. The van der Waals surface area contributed by atoms with Crippen LogP contribution in [0.4, 0.5) is 0 Å². The van der Waals surface area contributed by atoms with Crippen LogP contribution in [0.1, 0.15) is 39.9 Å². The molecule has 0 aliphatic carbocycles. The Morgan fingerprint density at radius 1 is 1.39 bits per heavy atom. The van der Waals surface area contributed by atoms with Gasteiger partial charge in [-0.2, -0.15) is 0 Å². The van der Waals surface area contributed by atoms with Gasteiger partial charge in [-0.15, -0.1) is 11.3 Å². The second kappa shape index (κ2) is 6.26. The van der Waals surface area contributed by atoms with Gasteiger partial charge in [-0.05, 0) is 36.8 Å². The molecule has 0 aliphatic heterocycles. The first kappa shape index (κ1) is 12.7. The molecule has 0 saturated heterocycles. The van der Waals surface area contributed by atoms with Crippen molar-refractivity contribution in [2.75, 3.05) is 0 Å². The van der Waals surface area contributed by atoms with Gasteiger partial charge in [0.05, 0.1) is 4.88 Å². The molecule has 0 spiro atoms. The summed E-state index contributed by atoms with van der Waals surface area (Å²) < 4.78 is 0. The lowest BCUT2D eigenvalue weighted by Gasteiger charge is -1.95. The average Bonchev–Trinajstić information content (AvgIpc) is 2.88. The molecule has 2 nitrogen and oxygen atoms in total. The molecule has 0 aromatic carbocycles. The fourth-order valence-corrected chi connectivity index (χ4v) is 2.47. The summed E-state index contributed by atoms with van der Waals surface area (Å²) >= 11 is 1.52. The van der Waals surface area contributed by atoms with Gasteiger partial charge in [-0.3, -0.25) is 9.78 Å². The Balaban J connectivity index is 2.13. The third-order valence-electron chi connectivity index (χ3n) is 2.51. The summed E-state index contributed by atoms with van der Waals surface area (Å²) in [4.78, 5) is 18.0. The predicted octanol–water partition coefficient (Wildman–Crippen LogP) is 4.19. The predicted molar refractivity (Wildman–Crippen MR) is 75.9 cm³/mol. The molecular weight excluding hydrogens is 242 g/mol. The van der Waals surface area contributed by atoms with Crippen LogP contribution in [0.3, 0.4) is 0 Å². The first-order valence-corrected chi connectivity index (χ1v) is 6.84. The van der Waals surface area contributed by atoms with Gasteiger partial charge in [-0.25, -0.2) is 0 Å². The van der Waals surface area contributed by atoms with E-state index in [2.05, 4.69) is 24.1 Å². The van der Waals surface area contributed by atoms with Crippen LogP contribution >= 0.6 is 11.3 Å². The van der Waals surface area contributed by atoms with Crippen LogP contribution in [0.25, 0.3) is 6.08 Å². The zero-order chi connectivity index (χ0) is 12.8. The molecule has 2 aromatic rings. The third kappa shape index (κ3) is 3.14. The molecule has 0 N–H and O–H groups in total. The third-order valence-corrected chi connectivity index (χ3v) is 3.56. The Morgan fingerprint density at radius 2 is 2.28 bits per heavy atom. The van der Waals surface area contributed by atoms with E-state index in [1.54, 1.807) is 24.5 Å². The number of pyridine rings is 1. The number of nitrogens with zero attached hydrogens (tertiary/aromatic N) is 1. The lowest BCUT2D eigenvalue weighted by molar-refractivity contribution is 0.104. The number of allylic oxidation sites excluding steroid dienone is 1. The summed E-state index contributed by atoms with van der Waals surface area (Å²) in [5, 5.41) is 0. The molecule has 2 aromatic heterocycles. The molecule has 0 unspecified atom stereocenters. The second-order valence-electron chi connectivity index (χ2n) is 3.96. The van der Waals surface area contributed by atoms with Gasteiger partial charge in [-0.1, -0.05) is 19.4 Å². The average molecular weight is 257 g/mol. The number of hydrogen-bond acceptors (Lipinski definition) is 3. The van der Waals surface area contributed by atoms with E-state index in [4.69, 9.17) is 0 Å². The van der Waals surface area contributed by atoms with Gasteiger partial charge < -0.3 is 0 Å². The van der Waals surface area contributed by atoms with E-state index >= 15 is 0 Å². The fraction of sp³-hybridized carbons (Fsp3) is 0.200. The molecule has 18 heavy (non-hydrogen) atoms. The molecule has 0 aliphatic rings. The van der Waals surface area contributed by atoms with E-state index in [0.717, 1.165) is 22.6 Å². The fourth-order valence-electron chi connectivity index (χ4n) is 1.57. The van der Waals surface area contributed by atoms with E-state index < -0.39 is 0 Å². The van der Waals surface area contributed by atoms with Crippen molar-refractivity contribution in [3.63, 3.8) is 0 Å². The van der Waals surface area contributed by atoms with Crippen LogP contribution in [0, 0.1) is 0 Å². The van der Waals surface area contributed by atoms with Crippen LogP contribution < -0.4 is 0 Å². The summed E-state index contributed by atoms with van der Waals surface area (Å²) in [5.74, 6) is 0.0447. The Bertz CT molecular complexity index is 543. The van der Waals surface area contributed by atoms with Gasteiger partial charge in [0.15, 0.2) is 0 Å². The molecule has 2 heterocycles. The number of ketones is 1. The molecule has 3 heteroatoms. The summed E-state index contributed by atoms with van der Waals surface area (Å²) in [7, 11) is 0. The Kier molecular flexibility index (Phi) is 4.42. The molecule has 0 bridgehead atoms. The van der Waals surface area contributed by atoms with E-state index in [1.165, 1.54) is 11.3 Å². The van der Waals surface area contributed by atoms with Crippen molar-refractivity contribution in [2.45, 2.75) is 19.8 Å². The number of unbranched alkanes of at least 4 members (excludes halogenated alkanes) is 1. The minimum atomic E-state index is 0.0447. The smallest absolute Gasteiger partial charge is 0.204 e. The molecule has 0 saturated carbocycles. The number of carbonyl (C=O) groups excluding carboxylic acids is 1. The van der Waals surface area contributed by atoms with E-state index in [0.29, 0.717) is 5.56 Å². The topological polar surface area (TPSA) is 30.0 Å². The van der Waals surface area contributed by atoms with E-state index in [1.807, 2.05) is 12.1 Å². The minimum absolute atomic E-state index is 0.0447. The maximum Gasteiger partial charge on any atom is 0.204 e. The Labute approximate surface area is 111 Å². The quantitative estimate of drug-likeness (QED) is 0.752. The van der Waals surface area contributed by atoms with Crippen LogP contribution in [-0.2, 0) is 0 Å². The van der Waals surface area contributed by atoms with Crippen LogP contribution in [-0.4, -0.2) is 10.8 Å². The van der Waals surface area contributed by atoms with Crippen molar-refractivity contribution < 1.29 is 4.79 Å². The van der Waals surface area contributed by atoms with Crippen LogP contribution in [0.2, 0.25) is 0 Å². The Morgan fingerprint density at radius 3 is 3.00 bits per heavy atom. The number of aromatic nitrogens is 1. The maximum atomic E-state index is 12.1. The summed E-state index contributed by atoms with van der Waals surface area (Å²) in [5.41, 5.74) is 0.642. The molecule has 92 valence electrons. The number of hydrogen-bond donors (Lipinski definition) is 0. The Hall–Kier alpha value is -1.74. The first-order valence-electron chi connectivity index (χ1n) is 6.02. The molecule has 0 amide bonds. The van der Waals surface area contributed by atoms with E-state index in [-0.39, 0.29) is 5.78 Å². The number of carbonyl (C=O) groups is 1. The molecule has 0 radical (unpaired) electrons. The molecular formula is C15H15NOS. The molecule has 0 atom stereocenters. The number of thiophene rings is 1. The van der Waals surface area contributed by atoms with E-state index in [9.17, 15) is 4.79 Å². The second-order valence-corrected chi connectivity index (χ2v) is 5.08. The highest BCUT2D eigenvalue weighted by atomic mass is 32.1. The lowest BCUT2D eigenvalue weighted by Crippen LogP contribution is -1.98. The highest BCUT2D eigenvalue weighted by molar-refractivity contribution is 7.15. The van der Waals surface area contributed by atoms with Crippen molar-refractivity contribution in [3.05, 3.63) is 58.1 Å². The summed E-state index contributed by atoms with van der Waals surface area (Å²) in [6.45, 7) is 2.15. The van der Waals surface area contributed by atoms with Crippen molar-refractivity contribution >= 4 is 23.2 Å². The summed E-state index contributed by atoms with van der Waals surface area (Å²) in [6.07, 6.45) is 9.71. The highest BCUT2D eigenvalue weighted by Crippen LogP contribution is 2.21. The largest absolute Gasteiger partial charge is 0.288 e. The SMILES string of the molecule is CCCC=Cc1ccc(C(=O)c2cccnc2)s1. The number of rotatable bonds is 5. The highest BCUT2D eigenvalue weighted by Gasteiger charge is 2.10. The van der Waals surface area contributed by atoms with Crippen molar-refractivity contribution in [2.24, 2.45) is 0 Å². The zero-order valence-electron chi connectivity index (χ0n) is 10.3. The molecule has 0 fully saturated rings.